The number of aromatic nitrogens is 2. The highest BCUT2D eigenvalue weighted by molar-refractivity contribution is 5.80. The minimum absolute atomic E-state index is 0.0414. The summed E-state index contributed by atoms with van der Waals surface area (Å²) in [6.45, 7) is 5.46. The largest absolute Gasteiger partial charge is 0.361 e. The molecule has 0 radical (unpaired) electrons. The first-order chi connectivity index (χ1) is 13.0. The van der Waals surface area contributed by atoms with Gasteiger partial charge in [-0.05, 0) is 45.2 Å². The van der Waals surface area contributed by atoms with E-state index in [1.807, 2.05) is 36.9 Å². The number of pyridine rings is 1. The number of nitrogens with one attached hydrogen (secondary N) is 1. The monoisotopic (exact) mass is 370 g/mol. The van der Waals surface area contributed by atoms with E-state index in [0.29, 0.717) is 45.3 Å². The fraction of sp³-hybridized carbons (Fsp3) is 0.500. The van der Waals surface area contributed by atoms with Gasteiger partial charge in [-0.2, -0.15) is 0 Å². The van der Waals surface area contributed by atoms with Gasteiger partial charge in [-0.1, -0.05) is 11.2 Å². The summed E-state index contributed by atoms with van der Waals surface area (Å²) in [5, 5.41) is 6.87. The van der Waals surface area contributed by atoms with Crippen LogP contribution >= 0.6 is 0 Å². The molecule has 144 valence electrons. The van der Waals surface area contributed by atoms with Crippen LogP contribution in [0.3, 0.4) is 0 Å². The number of hydrogen-bond acceptors (Lipinski definition) is 5. The molecule has 0 spiro atoms. The van der Waals surface area contributed by atoms with Crippen molar-refractivity contribution in [3.63, 3.8) is 0 Å². The molecule has 1 fully saturated rings. The number of rotatable bonds is 6. The van der Waals surface area contributed by atoms with Crippen LogP contribution in [0.2, 0.25) is 0 Å². The molecule has 1 saturated heterocycles. The SMILES string of the molecule is Cc1noc(C)c1CCC(=O)N1CCC(C(=O)NCc2ccccn2)CC1. The van der Waals surface area contributed by atoms with Crippen molar-refractivity contribution >= 4 is 11.8 Å². The van der Waals surface area contributed by atoms with Crippen LogP contribution in [0, 0.1) is 19.8 Å². The summed E-state index contributed by atoms with van der Waals surface area (Å²) < 4.78 is 5.14. The average Bonchev–Trinajstić information content (AvgIpc) is 3.02. The van der Waals surface area contributed by atoms with Gasteiger partial charge in [0.1, 0.15) is 5.76 Å². The summed E-state index contributed by atoms with van der Waals surface area (Å²) in [4.78, 5) is 30.9. The summed E-state index contributed by atoms with van der Waals surface area (Å²) in [6.07, 6.45) is 4.20. The summed E-state index contributed by atoms with van der Waals surface area (Å²) >= 11 is 0. The molecule has 7 heteroatoms. The number of carbonyl (C=O) groups is 2. The van der Waals surface area contributed by atoms with Gasteiger partial charge in [-0.25, -0.2) is 0 Å². The number of piperidine rings is 1. The number of likely N-dealkylation sites (tertiary alicyclic amines) is 1. The molecule has 0 unspecified atom stereocenters. The van der Waals surface area contributed by atoms with Crippen LogP contribution in [0.1, 0.15) is 42.0 Å². The number of nitrogens with zero attached hydrogens (tertiary/aromatic N) is 3. The molecule has 0 bridgehead atoms. The van der Waals surface area contributed by atoms with E-state index in [-0.39, 0.29) is 17.7 Å². The normalized spacial score (nSPS) is 15.0. The van der Waals surface area contributed by atoms with Crippen LogP contribution in [-0.4, -0.2) is 39.9 Å². The first kappa shape index (κ1) is 19.1. The lowest BCUT2D eigenvalue weighted by Gasteiger charge is -2.31. The third-order valence-corrected chi connectivity index (χ3v) is 5.16. The molecule has 1 aliphatic rings. The molecule has 3 rings (SSSR count). The van der Waals surface area contributed by atoms with Crippen LogP contribution in [0.5, 0.6) is 0 Å². The van der Waals surface area contributed by atoms with Crippen molar-refractivity contribution in [2.45, 2.75) is 46.1 Å². The van der Waals surface area contributed by atoms with Gasteiger partial charge in [0.2, 0.25) is 11.8 Å². The Morgan fingerprint density at radius 2 is 2.04 bits per heavy atom. The topological polar surface area (TPSA) is 88.3 Å². The summed E-state index contributed by atoms with van der Waals surface area (Å²) in [7, 11) is 0. The molecule has 0 atom stereocenters. The van der Waals surface area contributed by atoms with E-state index in [1.165, 1.54) is 0 Å². The lowest BCUT2D eigenvalue weighted by Crippen LogP contribution is -2.43. The maximum atomic E-state index is 12.5. The fourth-order valence-corrected chi connectivity index (χ4v) is 3.46. The minimum Gasteiger partial charge on any atom is -0.361 e. The quantitative estimate of drug-likeness (QED) is 0.842. The van der Waals surface area contributed by atoms with E-state index in [1.54, 1.807) is 6.20 Å². The number of carbonyl (C=O) groups excluding carboxylic acids is 2. The molecule has 2 aromatic heterocycles. The lowest BCUT2D eigenvalue weighted by atomic mass is 9.95. The summed E-state index contributed by atoms with van der Waals surface area (Å²) in [5.74, 6) is 0.912. The van der Waals surface area contributed by atoms with Gasteiger partial charge in [0, 0.05) is 37.2 Å². The van der Waals surface area contributed by atoms with E-state index in [0.717, 1.165) is 22.7 Å². The second kappa shape index (κ2) is 8.79. The third kappa shape index (κ3) is 4.93. The molecule has 3 heterocycles. The Hall–Kier alpha value is -2.70. The van der Waals surface area contributed by atoms with Gasteiger partial charge >= 0.3 is 0 Å². The van der Waals surface area contributed by atoms with E-state index in [4.69, 9.17) is 4.52 Å². The van der Waals surface area contributed by atoms with E-state index in [9.17, 15) is 9.59 Å². The first-order valence-corrected chi connectivity index (χ1v) is 9.41. The van der Waals surface area contributed by atoms with Crippen molar-refractivity contribution in [1.29, 1.82) is 0 Å². The van der Waals surface area contributed by atoms with Gasteiger partial charge in [-0.3, -0.25) is 14.6 Å². The fourth-order valence-electron chi connectivity index (χ4n) is 3.46. The van der Waals surface area contributed by atoms with Gasteiger partial charge in [0.15, 0.2) is 0 Å². The lowest BCUT2D eigenvalue weighted by molar-refractivity contribution is -0.135. The molecular formula is C20H26N4O3. The second-order valence-electron chi connectivity index (χ2n) is 7.00. The smallest absolute Gasteiger partial charge is 0.223 e. The third-order valence-electron chi connectivity index (χ3n) is 5.16. The first-order valence-electron chi connectivity index (χ1n) is 9.41. The van der Waals surface area contributed by atoms with Crippen LogP contribution in [0.15, 0.2) is 28.9 Å². The summed E-state index contributed by atoms with van der Waals surface area (Å²) in [5.41, 5.74) is 2.72. The molecule has 0 aliphatic carbocycles. The number of amides is 2. The number of hydrogen-bond donors (Lipinski definition) is 1. The van der Waals surface area contributed by atoms with Gasteiger partial charge < -0.3 is 14.7 Å². The van der Waals surface area contributed by atoms with Crippen molar-refractivity contribution < 1.29 is 14.1 Å². The van der Waals surface area contributed by atoms with Crippen molar-refractivity contribution in [3.05, 3.63) is 47.1 Å². The van der Waals surface area contributed by atoms with E-state index < -0.39 is 0 Å². The highest BCUT2D eigenvalue weighted by Crippen LogP contribution is 2.20. The van der Waals surface area contributed by atoms with Gasteiger partial charge in [0.05, 0.1) is 17.9 Å². The van der Waals surface area contributed by atoms with Crippen molar-refractivity contribution in [2.75, 3.05) is 13.1 Å². The Labute approximate surface area is 159 Å². The molecule has 7 nitrogen and oxygen atoms in total. The Bertz CT molecular complexity index is 760. The zero-order valence-corrected chi connectivity index (χ0v) is 15.9. The van der Waals surface area contributed by atoms with E-state index >= 15 is 0 Å². The maximum absolute atomic E-state index is 12.5. The molecule has 1 aliphatic heterocycles. The predicted octanol–water partition coefficient (Wildman–Crippen LogP) is 2.17. The minimum atomic E-state index is -0.0414. The maximum Gasteiger partial charge on any atom is 0.223 e. The predicted molar refractivity (Wildman–Crippen MR) is 99.7 cm³/mol. The molecule has 2 amide bonds. The standard InChI is InChI=1S/C20H26N4O3/c1-14-18(15(2)27-23-14)6-7-19(25)24-11-8-16(9-12-24)20(26)22-13-17-5-3-4-10-21-17/h3-5,10,16H,6-9,11-13H2,1-2H3,(H,22,26). The van der Waals surface area contributed by atoms with Crippen molar-refractivity contribution in [3.8, 4) is 0 Å². The Morgan fingerprint density at radius 1 is 1.26 bits per heavy atom. The van der Waals surface area contributed by atoms with E-state index in [2.05, 4.69) is 15.5 Å². The van der Waals surface area contributed by atoms with Crippen LogP contribution in [-0.2, 0) is 22.6 Å². The molecule has 1 N–H and O–H groups in total. The number of aryl methyl sites for hydroxylation is 2. The molecule has 27 heavy (non-hydrogen) atoms. The van der Waals surface area contributed by atoms with Gasteiger partial charge in [0.25, 0.3) is 0 Å². The Kier molecular flexibility index (Phi) is 6.21. The molecule has 2 aromatic rings. The Morgan fingerprint density at radius 3 is 2.67 bits per heavy atom. The average molecular weight is 370 g/mol. The van der Waals surface area contributed by atoms with Crippen molar-refractivity contribution in [1.82, 2.24) is 20.4 Å². The Balaban J connectivity index is 1.41. The highest BCUT2D eigenvalue weighted by atomic mass is 16.5. The van der Waals surface area contributed by atoms with Crippen LogP contribution in [0.25, 0.3) is 0 Å². The molecule has 0 aromatic carbocycles. The zero-order chi connectivity index (χ0) is 19.2. The summed E-state index contributed by atoms with van der Waals surface area (Å²) in [6, 6.07) is 5.64. The second-order valence-corrected chi connectivity index (χ2v) is 7.00. The highest BCUT2D eigenvalue weighted by Gasteiger charge is 2.27. The molecular weight excluding hydrogens is 344 g/mol. The van der Waals surface area contributed by atoms with Gasteiger partial charge in [-0.15, -0.1) is 0 Å². The van der Waals surface area contributed by atoms with Crippen molar-refractivity contribution in [2.24, 2.45) is 5.92 Å². The molecule has 0 saturated carbocycles. The van der Waals surface area contributed by atoms with Crippen LogP contribution in [0.4, 0.5) is 0 Å². The zero-order valence-electron chi connectivity index (χ0n) is 15.9. The van der Waals surface area contributed by atoms with Crippen LogP contribution < -0.4 is 5.32 Å².